The zero-order valence-corrected chi connectivity index (χ0v) is 13.0. The van der Waals surface area contributed by atoms with E-state index in [0.717, 1.165) is 44.5 Å². The lowest BCUT2D eigenvalue weighted by Crippen LogP contribution is -2.28. The summed E-state index contributed by atoms with van der Waals surface area (Å²) in [5.74, 6) is 0. The molecular formula is C16H26N2O3. The topological polar surface area (TPSA) is 66.6 Å². The van der Waals surface area contributed by atoms with Crippen molar-refractivity contribution in [3.63, 3.8) is 0 Å². The van der Waals surface area contributed by atoms with Crippen molar-refractivity contribution < 1.29 is 10.0 Å². The van der Waals surface area contributed by atoms with Crippen LogP contribution in [0.3, 0.4) is 0 Å². The highest BCUT2D eigenvalue weighted by atomic mass is 16.6. The van der Waals surface area contributed by atoms with Crippen molar-refractivity contribution in [2.24, 2.45) is 0 Å². The largest absolute Gasteiger partial charge is 0.396 e. The quantitative estimate of drug-likeness (QED) is 0.532. The third-order valence-corrected chi connectivity index (χ3v) is 3.58. The number of benzene rings is 1. The third kappa shape index (κ3) is 5.44. The van der Waals surface area contributed by atoms with Gasteiger partial charge in [0, 0.05) is 31.2 Å². The van der Waals surface area contributed by atoms with Crippen LogP contribution in [-0.2, 0) is 12.8 Å². The van der Waals surface area contributed by atoms with Crippen LogP contribution in [0.25, 0.3) is 0 Å². The van der Waals surface area contributed by atoms with Crippen molar-refractivity contribution in [3.8, 4) is 0 Å². The highest BCUT2D eigenvalue weighted by Crippen LogP contribution is 2.23. The lowest BCUT2D eigenvalue weighted by Gasteiger charge is -2.21. The number of hydrogen-bond donors (Lipinski definition) is 1. The van der Waals surface area contributed by atoms with Crippen molar-refractivity contribution in [2.45, 2.75) is 39.5 Å². The molecule has 0 amide bonds. The predicted molar refractivity (Wildman–Crippen MR) is 84.6 cm³/mol. The van der Waals surface area contributed by atoms with Gasteiger partial charge in [-0.15, -0.1) is 0 Å². The highest BCUT2D eigenvalue weighted by Gasteiger charge is 2.17. The first-order valence-electron chi connectivity index (χ1n) is 7.72. The van der Waals surface area contributed by atoms with Crippen molar-refractivity contribution >= 4 is 5.69 Å². The molecule has 0 aliphatic rings. The van der Waals surface area contributed by atoms with Gasteiger partial charge in [-0.3, -0.25) is 10.1 Å². The van der Waals surface area contributed by atoms with E-state index < -0.39 is 0 Å². The molecule has 0 aliphatic carbocycles. The molecule has 0 saturated carbocycles. The van der Waals surface area contributed by atoms with Crippen molar-refractivity contribution in [3.05, 3.63) is 39.4 Å². The Morgan fingerprint density at radius 3 is 2.33 bits per heavy atom. The number of hydrogen-bond acceptors (Lipinski definition) is 4. The minimum Gasteiger partial charge on any atom is -0.396 e. The molecule has 0 aliphatic heterocycles. The molecule has 0 spiro atoms. The Bertz CT molecular complexity index is 443. The van der Waals surface area contributed by atoms with Gasteiger partial charge in [0.15, 0.2) is 0 Å². The van der Waals surface area contributed by atoms with E-state index in [4.69, 9.17) is 5.11 Å². The molecule has 0 radical (unpaired) electrons. The summed E-state index contributed by atoms with van der Waals surface area (Å²) in [5.41, 5.74) is 1.78. The monoisotopic (exact) mass is 294 g/mol. The number of nitro groups is 1. The molecule has 21 heavy (non-hydrogen) atoms. The van der Waals surface area contributed by atoms with E-state index in [1.54, 1.807) is 6.07 Å². The second-order valence-corrected chi connectivity index (χ2v) is 5.24. The summed E-state index contributed by atoms with van der Waals surface area (Å²) in [7, 11) is 0. The summed E-state index contributed by atoms with van der Waals surface area (Å²) >= 11 is 0. The Hall–Kier alpha value is -1.46. The summed E-state index contributed by atoms with van der Waals surface area (Å²) in [5, 5.41) is 20.3. The maximum atomic E-state index is 11.1. The Labute approximate surface area is 126 Å². The van der Waals surface area contributed by atoms with Gasteiger partial charge in [0.05, 0.1) is 4.92 Å². The number of aliphatic hydroxyl groups is 1. The molecule has 5 heteroatoms. The van der Waals surface area contributed by atoms with Gasteiger partial charge >= 0.3 is 0 Å². The Kier molecular flexibility index (Phi) is 7.93. The molecule has 0 fully saturated rings. The molecule has 0 unspecified atom stereocenters. The Morgan fingerprint density at radius 1 is 1.14 bits per heavy atom. The van der Waals surface area contributed by atoms with Crippen molar-refractivity contribution in [1.29, 1.82) is 0 Å². The van der Waals surface area contributed by atoms with Gasteiger partial charge in [-0.05, 0) is 37.9 Å². The number of nitro benzene ring substituents is 1. The van der Waals surface area contributed by atoms with E-state index in [-0.39, 0.29) is 17.2 Å². The van der Waals surface area contributed by atoms with Crippen LogP contribution in [0.1, 0.15) is 37.8 Å². The normalized spacial score (nSPS) is 11.0. The lowest BCUT2D eigenvalue weighted by molar-refractivity contribution is -0.385. The second-order valence-electron chi connectivity index (χ2n) is 5.24. The lowest BCUT2D eigenvalue weighted by atomic mass is 9.99. The van der Waals surface area contributed by atoms with Crippen LogP contribution in [0.4, 0.5) is 5.69 Å². The van der Waals surface area contributed by atoms with Crippen LogP contribution >= 0.6 is 0 Å². The van der Waals surface area contributed by atoms with E-state index in [2.05, 4.69) is 18.7 Å². The van der Waals surface area contributed by atoms with Gasteiger partial charge in [0.2, 0.25) is 0 Å². The minimum absolute atomic E-state index is 0.0640. The smallest absolute Gasteiger partial charge is 0.272 e. The number of nitrogens with zero attached hydrogens (tertiary/aromatic N) is 2. The van der Waals surface area contributed by atoms with Crippen LogP contribution in [0.2, 0.25) is 0 Å². The molecule has 0 aromatic heterocycles. The average Bonchev–Trinajstić information content (AvgIpc) is 2.46. The minimum atomic E-state index is -0.357. The molecule has 0 atom stereocenters. The fourth-order valence-electron chi connectivity index (χ4n) is 2.67. The van der Waals surface area contributed by atoms with E-state index >= 15 is 0 Å². The summed E-state index contributed by atoms with van der Waals surface area (Å²) in [4.78, 5) is 13.1. The van der Waals surface area contributed by atoms with Crippen LogP contribution in [0.15, 0.2) is 18.2 Å². The summed E-state index contributed by atoms with van der Waals surface area (Å²) in [6.45, 7) is 7.27. The molecule has 1 rings (SSSR count). The van der Waals surface area contributed by atoms with Crippen molar-refractivity contribution in [1.82, 2.24) is 4.90 Å². The molecule has 1 N–H and O–H groups in total. The Morgan fingerprint density at radius 2 is 1.81 bits per heavy atom. The van der Waals surface area contributed by atoms with E-state index in [1.807, 2.05) is 6.07 Å². The van der Waals surface area contributed by atoms with Crippen LogP contribution in [0.5, 0.6) is 0 Å². The highest BCUT2D eigenvalue weighted by molar-refractivity contribution is 5.46. The van der Waals surface area contributed by atoms with Crippen molar-refractivity contribution in [2.75, 3.05) is 26.2 Å². The second kappa shape index (κ2) is 9.47. The number of rotatable bonds is 10. The van der Waals surface area contributed by atoms with Gasteiger partial charge in [0.1, 0.15) is 0 Å². The molecule has 1 aromatic rings. The average molecular weight is 294 g/mol. The zero-order valence-electron chi connectivity index (χ0n) is 13.0. The van der Waals surface area contributed by atoms with E-state index in [0.29, 0.717) is 12.0 Å². The first-order chi connectivity index (χ1) is 10.1. The first kappa shape index (κ1) is 17.6. The maximum absolute atomic E-state index is 11.1. The van der Waals surface area contributed by atoms with Gasteiger partial charge in [-0.1, -0.05) is 26.0 Å². The molecule has 0 saturated heterocycles. The van der Waals surface area contributed by atoms with E-state index in [9.17, 15) is 10.1 Å². The first-order valence-corrected chi connectivity index (χ1v) is 7.72. The number of aliphatic hydroxyl groups excluding tert-OH is 1. The van der Waals surface area contributed by atoms with Crippen LogP contribution in [0, 0.1) is 10.1 Å². The molecular weight excluding hydrogens is 268 g/mol. The standard InChI is InChI=1S/C16H26N2O3/c1-3-10-17(11-4-2)12-8-14-6-5-7-16(18(20)21)15(14)9-13-19/h5-7,19H,3-4,8-13H2,1-2H3. The summed E-state index contributed by atoms with van der Waals surface area (Å²) < 4.78 is 0. The molecule has 0 bridgehead atoms. The predicted octanol–water partition coefficient (Wildman–Crippen LogP) is 2.79. The van der Waals surface area contributed by atoms with Crippen LogP contribution < -0.4 is 0 Å². The zero-order chi connectivity index (χ0) is 15.7. The summed E-state index contributed by atoms with van der Waals surface area (Å²) in [6.07, 6.45) is 3.35. The van der Waals surface area contributed by atoms with Gasteiger partial charge in [0.25, 0.3) is 5.69 Å². The molecule has 1 aromatic carbocycles. The fraction of sp³-hybridized carbons (Fsp3) is 0.625. The van der Waals surface area contributed by atoms with E-state index in [1.165, 1.54) is 6.07 Å². The summed E-state index contributed by atoms with van der Waals surface area (Å²) in [6, 6.07) is 5.19. The van der Waals surface area contributed by atoms with Gasteiger partial charge < -0.3 is 10.0 Å². The molecule has 118 valence electrons. The fourth-order valence-corrected chi connectivity index (χ4v) is 2.67. The SMILES string of the molecule is CCCN(CCC)CCc1cccc([N+](=O)[O-])c1CCO. The third-order valence-electron chi connectivity index (χ3n) is 3.58. The Balaban J connectivity index is 2.86. The van der Waals surface area contributed by atoms with Crippen LogP contribution in [-0.4, -0.2) is 41.2 Å². The van der Waals surface area contributed by atoms with Gasteiger partial charge in [-0.25, -0.2) is 0 Å². The maximum Gasteiger partial charge on any atom is 0.272 e. The molecule has 0 heterocycles. The molecule has 5 nitrogen and oxygen atoms in total. The van der Waals surface area contributed by atoms with Gasteiger partial charge in [-0.2, -0.15) is 0 Å².